The predicted octanol–water partition coefficient (Wildman–Crippen LogP) is 4.27. The second-order valence-electron chi connectivity index (χ2n) is 5.68. The van der Waals surface area contributed by atoms with Gasteiger partial charge in [-0.25, -0.2) is 9.50 Å². The molecule has 0 N–H and O–H groups in total. The van der Waals surface area contributed by atoms with Crippen LogP contribution >= 0.6 is 11.6 Å². The molecule has 3 heterocycles. The Kier molecular flexibility index (Phi) is 3.75. The molecule has 0 aliphatic carbocycles. The van der Waals surface area contributed by atoms with Gasteiger partial charge in [0.2, 0.25) is 0 Å². The highest BCUT2D eigenvalue weighted by atomic mass is 35.5. The summed E-state index contributed by atoms with van der Waals surface area (Å²) in [5.41, 5.74) is 4.43. The average Bonchev–Trinajstić information content (AvgIpc) is 3.28. The molecule has 0 amide bonds. The molecule has 6 heteroatoms. The molecule has 0 unspecified atom stereocenters. The summed E-state index contributed by atoms with van der Waals surface area (Å²) in [6, 6.07) is 11.9. The molecule has 0 bridgehead atoms. The number of nitriles is 1. The number of halogens is 1. The van der Waals surface area contributed by atoms with Gasteiger partial charge in [0.1, 0.15) is 17.9 Å². The molecular weight excluding hydrogens is 334 g/mol. The van der Waals surface area contributed by atoms with E-state index in [2.05, 4.69) is 23.1 Å². The van der Waals surface area contributed by atoms with Crippen LogP contribution in [0.5, 0.6) is 0 Å². The molecule has 0 fully saturated rings. The zero-order chi connectivity index (χ0) is 17.4. The van der Waals surface area contributed by atoms with Crippen LogP contribution in [0.15, 0.2) is 55.2 Å². The summed E-state index contributed by atoms with van der Waals surface area (Å²) >= 11 is 6.19. The first-order chi connectivity index (χ1) is 12.2. The second kappa shape index (κ2) is 6.08. The Bertz CT molecular complexity index is 1120. The summed E-state index contributed by atoms with van der Waals surface area (Å²) in [5.74, 6) is 0.725. The summed E-state index contributed by atoms with van der Waals surface area (Å²) in [6.45, 7) is 2.09. The molecule has 0 radical (unpaired) electrons. The van der Waals surface area contributed by atoms with Gasteiger partial charge in [-0.15, -0.1) is 0 Å². The molecule has 0 aliphatic rings. The van der Waals surface area contributed by atoms with Gasteiger partial charge in [0.05, 0.1) is 5.56 Å². The van der Waals surface area contributed by atoms with Crippen molar-refractivity contribution < 1.29 is 0 Å². The highest BCUT2D eigenvalue weighted by Crippen LogP contribution is 2.32. The lowest BCUT2D eigenvalue weighted by Crippen LogP contribution is -2.00. The first-order valence-electron chi connectivity index (χ1n) is 7.91. The number of rotatable bonds is 3. The molecular formula is C19H14ClN5. The Morgan fingerprint density at radius 3 is 2.88 bits per heavy atom. The van der Waals surface area contributed by atoms with Crippen molar-refractivity contribution in [2.75, 3.05) is 0 Å². The number of aryl methyl sites for hydroxylation is 1. The van der Waals surface area contributed by atoms with Gasteiger partial charge in [0, 0.05) is 29.2 Å². The van der Waals surface area contributed by atoms with E-state index in [0.29, 0.717) is 10.6 Å². The van der Waals surface area contributed by atoms with E-state index >= 15 is 0 Å². The number of aromatic nitrogens is 4. The maximum absolute atomic E-state index is 9.61. The first kappa shape index (κ1) is 15.4. The van der Waals surface area contributed by atoms with Crippen molar-refractivity contribution in [1.29, 1.82) is 5.26 Å². The third-order valence-electron chi connectivity index (χ3n) is 4.25. The molecule has 0 spiro atoms. The van der Waals surface area contributed by atoms with Crippen molar-refractivity contribution >= 4 is 17.1 Å². The quantitative estimate of drug-likeness (QED) is 0.556. The fraction of sp³-hybridized carbons (Fsp3) is 0.105. The normalized spacial score (nSPS) is 10.9. The standard InChI is InChI=1S/C19H14ClN5/c1-2-13-5-6-15(20)8-16(13)17-11-24(10-14(17)9-21)19-18-4-3-7-25(18)23-12-22-19/h3-8,10-12H,2H2,1H3. The summed E-state index contributed by atoms with van der Waals surface area (Å²) in [5, 5.41) is 14.4. The van der Waals surface area contributed by atoms with E-state index < -0.39 is 0 Å². The van der Waals surface area contributed by atoms with E-state index in [1.165, 1.54) is 6.33 Å². The van der Waals surface area contributed by atoms with Crippen LogP contribution in [0.1, 0.15) is 18.1 Å². The Morgan fingerprint density at radius 2 is 2.08 bits per heavy atom. The largest absolute Gasteiger partial charge is 0.305 e. The maximum atomic E-state index is 9.61. The van der Waals surface area contributed by atoms with Gasteiger partial charge >= 0.3 is 0 Å². The fourth-order valence-electron chi connectivity index (χ4n) is 3.04. The highest BCUT2D eigenvalue weighted by Gasteiger charge is 2.15. The molecule has 5 nitrogen and oxygen atoms in total. The number of hydrogen-bond donors (Lipinski definition) is 0. The van der Waals surface area contributed by atoms with Gasteiger partial charge in [-0.2, -0.15) is 10.4 Å². The van der Waals surface area contributed by atoms with Crippen LogP contribution in [-0.4, -0.2) is 19.2 Å². The molecule has 0 atom stereocenters. The maximum Gasteiger partial charge on any atom is 0.164 e. The minimum Gasteiger partial charge on any atom is -0.305 e. The predicted molar refractivity (Wildman–Crippen MR) is 96.9 cm³/mol. The third kappa shape index (κ3) is 2.57. The molecule has 0 saturated carbocycles. The fourth-order valence-corrected chi connectivity index (χ4v) is 3.21. The van der Waals surface area contributed by atoms with Crippen LogP contribution in [-0.2, 0) is 6.42 Å². The highest BCUT2D eigenvalue weighted by molar-refractivity contribution is 6.30. The van der Waals surface area contributed by atoms with E-state index in [-0.39, 0.29) is 0 Å². The van der Waals surface area contributed by atoms with Gasteiger partial charge in [-0.05, 0) is 41.8 Å². The summed E-state index contributed by atoms with van der Waals surface area (Å²) in [4.78, 5) is 4.39. The zero-order valence-electron chi connectivity index (χ0n) is 13.5. The van der Waals surface area contributed by atoms with Crippen LogP contribution in [0.4, 0.5) is 0 Å². The Morgan fingerprint density at radius 1 is 1.20 bits per heavy atom. The molecule has 1 aromatic carbocycles. The lowest BCUT2D eigenvalue weighted by molar-refractivity contribution is 0.870. The Balaban J connectivity index is 1.94. The lowest BCUT2D eigenvalue weighted by atomic mass is 9.98. The first-order valence-corrected chi connectivity index (χ1v) is 8.28. The van der Waals surface area contributed by atoms with Crippen molar-refractivity contribution in [1.82, 2.24) is 19.2 Å². The smallest absolute Gasteiger partial charge is 0.164 e. The molecule has 3 aromatic heterocycles. The van der Waals surface area contributed by atoms with Gasteiger partial charge in [-0.3, -0.25) is 0 Å². The average molecular weight is 348 g/mol. The summed E-state index contributed by atoms with van der Waals surface area (Å²) in [7, 11) is 0. The van der Waals surface area contributed by atoms with Gasteiger partial charge in [0.15, 0.2) is 5.82 Å². The molecule has 4 rings (SSSR count). The minimum absolute atomic E-state index is 0.584. The molecule has 25 heavy (non-hydrogen) atoms. The van der Waals surface area contributed by atoms with Crippen molar-refractivity contribution in [3.05, 3.63) is 71.4 Å². The second-order valence-corrected chi connectivity index (χ2v) is 6.12. The van der Waals surface area contributed by atoms with Crippen LogP contribution in [0.2, 0.25) is 5.02 Å². The number of hydrogen-bond acceptors (Lipinski definition) is 3. The van der Waals surface area contributed by atoms with Gasteiger partial charge < -0.3 is 4.57 Å². The number of benzene rings is 1. The third-order valence-corrected chi connectivity index (χ3v) is 4.48. The molecule has 0 aliphatic heterocycles. The lowest BCUT2D eigenvalue weighted by Gasteiger charge is -2.07. The van der Waals surface area contributed by atoms with Crippen LogP contribution in [0.25, 0.3) is 22.5 Å². The number of nitrogens with zero attached hydrogens (tertiary/aromatic N) is 5. The van der Waals surface area contributed by atoms with Crippen molar-refractivity contribution in [3.8, 4) is 23.0 Å². The van der Waals surface area contributed by atoms with E-state index in [0.717, 1.165) is 34.4 Å². The van der Waals surface area contributed by atoms with Crippen LogP contribution in [0.3, 0.4) is 0 Å². The van der Waals surface area contributed by atoms with E-state index in [9.17, 15) is 5.26 Å². The zero-order valence-corrected chi connectivity index (χ0v) is 14.3. The topological polar surface area (TPSA) is 58.9 Å². The molecule has 4 aromatic rings. The summed E-state index contributed by atoms with van der Waals surface area (Å²) in [6.07, 6.45) is 7.95. The van der Waals surface area contributed by atoms with Crippen molar-refractivity contribution in [2.45, 2.75) is 13.3 Å². The van der Waals surface area contributed by atoms with E-state index in [1.807, 2.05) is 47.3 Å². The van der Waals surface area contributed by atoms with E-state index in [1.54, 1.807) is 10.7 Å². The van der Waals surface area contributed by atoms with Crippen LogP contribution < -0.4 is 0 Å². The van der Waals surface area contributed by atoms with Gasteiger partial charge in [0.25, 0.3) is 0 Å². The van der Waals surface area contributed by atoms with E-state index in [4.69, 9.17) is 11.6 Å². The summed E-state index contributed by atoms with van der Waals surface area (Å²) < 4.78 is 3.62. The SMILES string of the molecule is CCc1ccc(Cl)cc1-c1cn(-c2ncnn3cccc23)cc1C#N. The van der Waals surface area contributed by atoms with Gasteiger partial charge in [-0.1, -0.05) is 24.6 Å². The molecule has 122 valence electrons. The minimum atomic E-state index is 0.584. The monoisotopic (exact) mass is 347 g/mol. The van der Waals surface area contributed by atoms with Crippen molar-refractivity contribution in [2.24, 2.45) is 0 Å². The van der Waals surface area contributed by atoms with Crippen LogP contribution in [0, 0.1) is 11.3 Å². The molecule has 0 saturated heterocycles. The number of fused-ring (bicyclic) bond motifs is 1. The Hall–Kier alpha value is -3.10. The van der Waals surface area contributed by atoms with Crippen molar-refractivity contribution in [3.63, 3.8) is 0 Å². The Labute approximate surface area is 149 Å².